The van der Waals surface area contributed by atoms with Gasteiger partial charge in [-0.2, -0.15) is 0 Å². The zero-order chi connectivity index (χ0) is 14.8. The number of carbonyl (C=O) groups is 1. The van der Waals surface area contributed by atoms with E-state index >= 15 is 0 Å². The minimum Gasteiger partial charge on any atom is -0.450 e. The summed E-state index contributed by atoms with van der Waals surface area (Å²) >= 11 is 0. The smallest absolute Gasteiger partial charge is 0.409 e. The summed E-state index contributed by atoms with van der Waals surface area (Å²) in [7, 11) is 1.67. The molecule has 1 amide bonds. The van der Waals surface area contributed by atoms with Crippen molar-refractivity contribution in [3.8, 4) is 0 Å². The van der Waals surface area contributed by atoms with Gasteiger partial charge >= 0.3 is 6.09 Å². The Hall–Kier alpha value is -0.770. The van der Waals surface area contributed by atoms with E-state index in [4.69, 9.17) is 15.2 Å². The third-order valence-electron chi connectivity index (χ3n) is 3.16. The van der Waals surface area contributed by atoms with Gasteiger partial charge in [0.1, 0.15) is 0 Å². The number of likely N-dealkylation sites (tertiary alicyclic amines) is 1. The molecule has 1 aliphatic rings. The van der Waals surface area contributed by atoms with Gasteiger partial charge in [0.25, 0.3) is 0 Å². The van der Waals surface area contributed by atoms with Crippen LogP contribution in [0.25, 0.3) is 0 Å². The van der Waals surface area contributed by atoms with Gasteiger partial charge in [-0.25, -0.2) is 4.79 Å². The largest absolute Gasteiger partial charge is 0.450 e. The number of nitrogens with two attached hydrogens (primary N) is 1. The van der Waals surface area contributed by atoms with Crippen LogP contribution in [0.4, 0.5) is 4.79 Å². The van der Waals surface area contributed by atoms with Crippen LogP contribution in [0.2, 0.25) is 0 Å². The summed E-state index contributed by atoms with van der Waals surface area (Å²) in [4.78, 5) is 17.5. The lowest BCUT2D eigenvalue weighted by atomic mass is 10.1. The fourth-order valence-corrected chi connectivity index (χ4v) is 2.08. The fourth-order valence-electron chi connectivity index (χ4n) is 2.08. The minimum atomic E-state index is -0.229. The van der Waals surface area contributed by atoms with Crippen LogP contribution in [0.5, 0.6) is 0 Å². The fraction of sp³-hybridized carbons (Fsp3) is 0.846. The number of rotatable bonds is 6. The molecule has 1 rings (SSSR count). The van der Waals surface area contributed by atoms with Gasteiger partial charge in [-0.15, -0.1) is 24.0 Å². The summed E-state index contributed by atoms with van der Waals surface area (Å²) in [5.41, 5.74) is 5.82. The molecule has 0 radical (unpaired) electrons. The lowest BCUT2D eigenvalue weighted by Crippen LogP contribution is -2.48. The number of guanidine groups is 1. The number of carbonyl (C=O) groups excluding carboxylic acids is 1. The van der Waals surface area contributed by atoms with Crippen LogP contribution in [-0.4, -0.2) is 63.0 Å². The van der Waals surface area contributed by atoms with E-state index in [1.165, 1.54) is 0 Å². The number of nitrogens with zero attached hydrogens (tertiary/aromatic N) is 2. The van der Waals surface area contributed by atoms with Gasteiger partial charge in [0.15, 0.2) is 5.96 Å². The Balaban J connectivity index is 0.00000400. The Morgan fingerprint density at radius 2 is 2.10 bits per heavy atom. The van der Waals surface area contributed by atoms with Crippen LogP contribution in [0.15, 0.2) is 4.99 Å². The van der Waals surface area contributed by atoms with Gasteiger partial charge in [-0.05, 0) is 26.2 Å². The first-order valence-corrected chi connectivity index (χ1v) is 7.14. The van der Waals surface area contributed by atoms with Crippen molar-refractivity contribution >= 4 is 36.0 Å². The Labute approximate surface area is 143 Å². The molecule has 0 aliphatic carbocycles. The highest BCUT2D eigenvalue weighted by Gasteiger charge is 2.23. The van der Waals surface area contributed by atoms with E-state index < -0.39 is 0 Å². The summed E-state index contributed by atoms with van der Waals surface area (Å²) in [6.45, 7) is 4.95. The first-order valence-electron chi connectivity index (χ1n) is 7.14. The molecule has 0 aromatic carbocycles. The molecule has 0 spiro atoms. The monoisotopic (exact) mass is 414 g/mol. The van der Waals surface area contributed by atoms with Gasteiger partial charge < -0.3 is 25.4 Å². The minimum absolute atomic E-state index is 0. The lowest BCUT2D eigenvalue weighted by Gasteiger charge is -2.31. The maximum absolute atomic E-state index is 11.6. The summed E-state index contributed by atoms with van der Waals surface area (Å²) in [5.74, 6) is 0.468. The van der Waals surface area contributed by atoms with Gasteiger partial charge in [0.2, 0.25) is 0 Å². The van der Waals surface area contributed by atoms with Crippen LogP contribution in [0, 0.1) is 0 Å². The second-order valence-electron chi connectivity index (χ2n) is 4.72. The average molecular weight is 414 g/mol. The molecule has 0 saturated carbocycles. The molecule has 0 unspecified atom stereocenters. The summed E-state index contributed by atoms with van der Waals surface area (Å²) in [5, 5.41) is 3.20. The third-order valence-corrected chi connectivity index (χ3v) is 3.16. The number of hydrogen-bond acceptors (Lipinski definition) is 4. The zero-order valence-corrected chi connectivity index (χ0v) is 15.2. The van der Waals surface area contributed by atoms with E-state index in [2.05, 4.69) is 10.3 Å². The van der Waals surface area contributed by atoms with E-state index in [1.54, 1.807) is 12.0 Å². The molecule has 1 heterocycles. The van der Waals surface area contributed by atoms with E-state index in [0.29, 0.717) is 38.8 Å². The standard InChI is InChI=1S/C13H26N4O3.HI/c1-3-20-13(18)17-8-5-11(6-9-17)16-12(14)15-7-4-10-19-2;/h11H,3-10H2,1-2H3,(H3,14,15,16);1H. The molecule has 1 aliphatic heterocycles. The number of amides is 1. The van der Waals surface area contributed by atoms with Crippen molar-refractivity contribution in [1.29, 1.82) is 0 Å². The highest BCUT2D eigenvalue weighted by Crippen LogP contribution is 2.11. The number of ether oxygens (including phenoxy) is 2. The van der Waals surface area contributed by atoms with Gasteiger partial charge in [0.05, 0.1) is 6.61 Å². The molecule has 0 aromatic heterocycles. The second-order valence-corrected chi connectivity index (χ2v) is 4.72. The number of piperidine rings is 1. The molecule has 1 fully saturated rings. The van der Waals surface area contributed by atoms with Gasteiger partial charge in [0, 0.05) is 39.4 Å². The topological polar surface area (TPSA) is 89.2 Å². The summed E-state index contributed by atoms with van der Waals surface area (Å²) < 4.78 is 9.93. The van der Waals surface area contributed by atoms with Crippen molar-refractivity contribution in [1.82, 2.24) is 10.2 Å². The highest BCUT2D eigenvalue weighted by atomic mass is 127. The number of nitrogens with one attached hydrogen (secondary N) is 1. The quantitative estimate of drug-likeness (QED) is 0.295. The predicted molar refractivity (Wildman–Crippen MR) is 93.2 cm³/mol. The van der Waals surface area contributed by atoms with Crippen molar-refractivity contribution < 1.29 is 14.3 Å². The van der Waals surface area contributed by atoms with Crippen LogP contribution < -0.4 is 11.1 Å². The van der Waals surface area contributed by atoms with Crippen LogP contribution in [0.1, 0.15) is 26.2 Å². The van der Waals surface area contributed by atoms with Crippen molar-refractivity contribution in [3.05, 3.63) is 0 Å². The predicted octanol–water partition coefficient (Wildman–Crippen LogP) is 1.17. The molecule has 0 atom stereocenters. The molecule has 0 bridgehead atoms. The van der Waals surface area contributed by atoms with E-state index in [0.717, 1.165) is 19.3 Å². The lowest BCUT2D eigenvalue weighted by molar-refractivity contribution is 0.0963. The molecule has 1 saturated heterocycles. The number of aliphatic imine (C=N–C) groups is 1. The normalized spacial score (nSPS) is 16.3. The summed E-state index contributed by atoms with van der Waals surface area (Å²) in [6, 6.07) is 0.270. The maximum Gasteiger partial charge on any atom is 0.409 e. The molecule has 7 nitrogen and oxygen atoms in total. The van der Waals surface area contributed by atoms with E-state index in [9.17, 15) is 4.79 Å². The van der Waals surface area contributed by atoms with E-state index in [1.807, 2.05) is 6.92 Å². The van der Waals surface area contributed by atoms with Crippen molar-refractivity contribution in [2.24, 2.45) is 10.7 Å². The SMILES string of the molecule is CCOC(=O)N1CCC(NC(N)=NCCCOC)CC1.I. The molecule has 8 heteroatoms. The molecule has 3 N–H and O–H groups in total. The Morgan fingerprint density at radius 3 is 2.67 bits per heavy atom. The number of hydrogen-bond donors (Lipinski definition) is 2. The molecule has 21 heavy (non-hydrogen) atoms. The average Bonchev–Trinajstić information content (AvgIpc) is 2.45. The third kappa shape index (κ3) is 8.30. The number of methoxy groups -OCH3 is 1. The van der Waals surface area contributed by atoms with Crippen LogP contribution >= 0.6 is 24.0 Å². The van der Waals surface area contributed by atoms with Crippen molar-refractivity contribution in [2.45, 2.75) is 32.2 Å². The van der Waals surface area contributed by atoms with Crippen LogP contribution in [0.3, 0.4) is 0 Å². The summed E-state index contributed by atoms with van der Waals surface area (Å²) in [6.07, 6.45) is 2.34. The van der Waals surface area contributed by atoms with Gasteiger partial charge in [-0.3, -0.25) is 4.99 Å². The molecule has 124 valence electrons. The van der Waals surface area contributed by atoms with Crippen molar-refractivity contribution in [2.75, 3.05) is 40.0 Å². The van der Waals surface area contributed by atoms with Crippen LogP contribution in [-0.2, 0) is 9.47 Å². The molecule has 0 aromatic rings. The maximum atomic E-state index is 11.6. The second kappa shape index (κ2) is 11.8. The number of halogens is 1. The first-order chi connectivity index (χ1) is 9.67. The van der Waals surface area contributed by atoms with E-state index in [-0.39, 0.29) is 36.1 Å². The Morgan fingerprint density at radius 1 is 1.43 bits per heavy atom. The Kier molecular flexibility index (Phi) is 11.4. The molecular formula is C13H27IN4O3. The zero-order valence-electron chi connectivity index (χ0n) is 12.8. The highest BCUT2D eigenvalue weighted by molar-refractivity contribution is 14.0. The first kappa shape index (κ1) is 20.2. The molecular weight excluding hydrogens is 387 g/mol. The Bertz CT molecular complexity index is 321. The van der Waals surface area contributed by atoms with Crippen molar-refractivity contribution in [3.63, 3.8) is 0 Å². The van der Waals surface area contributed by atoms with Gasteiger partial charge in [-0.1, -0.05) is 0 Å².